The molecule has 0 spiro atoms. The first kappa shape index (κ1) is 13.6. The lowest BCUT2D eigenvalue weighted by Crippen LogP contribution is -2.28. The summed E-state index contributed by atoms with van der Waals surface area (Å²) in [5, 5.41) is 2.67. The molecule has 1 fully saturated rings. The molecule has 1 aromatic carbocycles. The molecule has 3 heteroatoms. The molecule has 0 aromatic heterocycles. The number of piperidine rings is 1. The van der Waals surface area contributed by atoms with E-state index in [0.29, 0.717) is 0 Å². The molecule has 1 N–H and O–H groups in total. The summed E-state index contributed by atoms with van der Waals surface area (Å²) in [6, 6.07) is 10.8. The highest BCUT2D eigenvalue weighted by molar-refractivity contribution is 7.13. The minimum absolute atomic E-state index is 1.14. The van der Waals surface area contributed by atoms with Gasteiger partial charge >= 0.3 is 0 Å². The summed E-state index contributed by atoms with van der Waals surface area (Å²) in [7, 11) is 4.17. The highest BCUT2D eigenvalue weighted by atomic mass is 31.0. The Hall–Kier alpha value is -0.430. The van der Waals surface area contributed by atoms with Gasteiger partial charge in [0.1, 0.15) is 0 Å². The summed E-state index contributed by atoms with van der Waals surface area (Å²) in [6.45, 7) is 3.71. The van der Waals surface area contributed by atoms with Crippen LogP contribution in [0.5, 0.6) is 0 Å². The van der Waals surface area contributed by atoms with Crippen LogP contribution in [0.1, 0.15) is 24.8 Å². The lowest BCUT2D eigenvalue weighted by molar-refractivity contribution is 0.221. The van der Waals surface area contributed by atoms with Gasteiger partial charge in [-0.25, -0.2) is 0 Å². The van der Waals surface area contributed by atoms with Crippen molar-refractivity contribution in [1.82, 2.24) is 9.99 Å². The summed E-state index contributed by atoms with van der Waals surface area (Å²) >= 11 is 0. The molecule has 1 heterocycles. The second kappa shape index (κ2) is 8.69. The minimum Gasteiger partial charge on any atom is -0.304 e. The zero-order valence-electron chi connectivity index (χ0n) is 10.2. The van der Waals surface area contributed by atoms with Crippen LogP contribution >= 0.6 is 9.39 Å². The number of hydrogen-bond acceptors (Lipinski definition) is 2. The van der Waals surface area contributed by atoms with Gasteiger partial charge in [-0.2, -0.15) is 0 Å². The van der Waals surface area contributed by atoms with E-state index >= 15 is 0 Å². The van der Waals surface area contributed by atoms with Gasteiger partial charge in [0.15, 0.2) is 0 Å². The van der Waals surface area contributed by atoms with E-state index in [0.717, 1.165) is 6.54 Å². The van der Waals surface area contributed by atoms with E-state index < -0.39 is 0 Å². The van der Waals surface area contributed by atoms with Crippen LogP contribution in [0.2, 0.25) is 0 Å². The van der Waals surface area contributed by atoms with Crippen LogP contribution in [0.3, 0.4) is 0 Å². The summed E-state index contributed by atoms with van der Waals surface area (Å²) < 4.78 is 0. The predicted octanol–water partition coefficient (Wildman–Crippen LogP) is 2.67. The van der Waals surface area contributed by atoms with Crippen molar-refractivity contribution in [2.75, 3.05) is 20.1 Å². The summed E-state index contributed by atoms with van der Waals surface area (Å²) in [6.07, 6.45) is 4.19. The molecule has 0 amide bonds. The minimum atomic E-state index is 1.14. The lowest BCUT2D eigenvalue weighted by atomic mass is 10.1. The van der Waals surface area contributed by atoms with Crippen molar-refractivity contribution in [2.45, 2.75) is 25.8 Å². The average Bonchev–Trinajstić information content (AvgIpc) is 2.33. The first-order valence-corrected chi connectivity index (χ1v) is 6.58. The zero-order chi connectivity index (χ0) is 11.6. The normalized spacial score (nSPS) is 16.4. The van der Waals surface area contributed by atoms with Gasteiger partial charge < -0.3 is 5.09 Å². The van der Waals surface area contributed by atoms with Crippen molar-refractivity contribution in [2.24, 2.45) is 0 Å². The molecule has 1 unspecified atom stereocenters. The number of likely N-dealkylation sites (tertiary alicyclic amines) is 1. The SMILES string of the molecule is CNP.c1ccc(CN2CCCCC2)cc1. The van der Waals surface area contributed by atoms with Gasteiger partial charge in [0, 0.05) is 6.54 Å². The van der Waals surface area contributed by atoms with Crippen LogP contribution in [-0.2, 0) is 6.54 Å². The smallest absolute Gasteiger partial charge is 0.0233 e. The molecule has 0 radical (unpaired) electrons. The molecule has 0 aliphatic carbocycles. The van der Waals surface area contributed by atoms with Gasteiger partial charge in [0.2, 0.25) is 0 Å². The first-order chi connectivity index (χ1) is 7.86. The van der Waals surface area contributed by atoms with Crippen LogP contribution in [-0.4, -0.2) is 25.0 Å². The lowest BCUT2D eigenvalue weighted by Gasteiger charge is -2.26. The molecule has 2 nitrogen and oxygen atoms in total. The van der Waals surface area contributed by atoms with Gasteiger partial charge in [-0.15, -0.1) is 0 Å². The highest BCUT2D eigenvalue weighted by Crippen LogP contribution is 2.12. The summed E-state index contributed by atoms with van der Waals surface area (Å²) in [5.74, 6) is 0. The second-order valence-corrected chi connectivity index (χ2v) is 4.69. The summed E-state index contributed by atoms with van der Waals surface area (Å²) in [5.41, 5.74) is 1.45. The number of nitrogens with zero attached hydrogens (tertiary/aromatic N) is 1. The zero-order valence-corrected chi connectivity index (χ0v) is 11.3. The first-order valence-electron chi connectivity index (χ1n) is 6.00. The second-order valence-electron chi connectivity index (χ2n) is 4.11. The monoisotopic (exact) mass is 238 g/mol. The van der Waals surface area contributed by atoms with E-state index in [1.807, 2.05) is 7.05 Å². The van der Waals surface area contributed by atoms with E-state index in [2.05, 4.69) is 49.7 Å². The maximum absolute atomic E-state index is 2.67. The van der Waals surface area contributed by atoms with Gasteiger partial charge in [-0.05, 0) is 38.5 Å². The van der Waals surface area contributed by atoms with Crippen LogP contribution < -0.4 is 5.09 Å². The average molecular weight is 238 g/mol. The van der Waals surface area contributed by atoms with Crippen molar-refractivity contribution in [3.63, 3.8) is 0 Å². The van der Waals surface area contributed by atoms with Crippen LogP contribution in [0, 0.1) is 0 Å². The quantitative estimate of drug-likeness (QED) is 0.797. The van der Waals surface area contributed by atoms with E-state index in [4.69, 9.17) is 0 Å². The fraction of sp³-hybridized carbons (Fsp3) is 0.538. The Balaban J connectivity index is 0.000000386. The van der Waals surface area contributed by atoms with Crippen molar-refractivity contribution in [1.29, 1.82) is 0 Å². The predicted molar refractivity (Wildman–Crippen MR) is 74.3 cm³/mol. The number of hydrogen-bond donors (Lipinski definition) is 1. The van der Waals surface area contributed by atoms with Crippen molar-refractivity contribution < 1.29 is 0 Å². The van der Waals surface area contributed by atoms with Crippen LogP contribution in [0.4, 0.5) is 0 Å². The molecule has 2 rings (SSSR count). The largest absolute Gasteiger partial charge is 0.304 e. The molecule has 0 bridgehead atoms. The Bertz CT molecular complexity index is 258. The third kappa shape index (κ3) is 5.60. The maximum Gasteiger partial charge on any atom is 0.0233 e. The Morgan fingerprint density at radius 3 is 2.25 bits per heavy atom. The van der Waals surface area contributed by atoms with Crippen molar-refractivity contribution in [3.05, 3.63) is 35.9 Å². The molecule has 1 saturated heterocycles. The van der Waals surface area contributed by atoms with Crippen LogP contribution in [0.15, 0.2) is 30.3 Å². The molecule has 90 valence electrons. The fourth-order valence-corrected chi connectivity index (χ4v) is 1.96. The highest BCUT2D eigenvalue weighted by Gasteiger charge is 2.09. The molecule has 1 aromatic rings. The van der Waals surface area contributed by atoms with Crippen LogP contribution in [0.25, 0.3) is 0 Å². The third-order valence-electron chi connectivity index (χ3n) is 2.70. The fourth-order valence-electron chi connectivity index (χ4n) is 1.96. The standard InChI is InChI=1S/C12H17N.CH6NP/c1-3-7-12(8-4-1)11-13-9-5-2-6-10-13;1-2-3/h1,3-4,7-8H,2,5-6,9-11H2;2H,3H2,1H3. The summed E-state index contributed by atoms with van der Waals surface area (Å²) in [4.78, 5) is 2.55. The Morgan fingerprint density at radius 2 is 1.69 bits per heavy atom. The number of benzene rings is 1. The molecule has 16 heavy (non-hydrogen) atoms. The molecular weight excluding hydrogens is 215 g/mol. The molecule has 1 aliphatic heterocycles. The van der Waals surface area contributed by atoms with Crippen molar-refractivity contribution in [3.8, 4) is 0 Å². The van der Waals surface area contributed by atoms with Gasteiger partial charge in [0.25, 0.3) is 0 Å². The Labute approximate surface area is 102 Å². The van der Waals surface area contributed by atoms with E-state index in [1.54, 1.807) is 0 Å². The number of rotatable bonds is 2. The topological polar surface area (TPSA) is 15.3 Å². The molecule has 1 aliphatic rings. The van der Waals surface area contributed by atoms with Crippen molar-refractivity contribution >= 4 is 9.39 Å². The molecule has 1 atom stereocenters. The maximum atomic E-state index is 2.67. The third-order valence-corrected chi connectivity index (χ3v) is 2.70. The van der Waals surface area contributed by atoms with Gasteiger partial charge in [-0.1, -0.05) is 46.1 Å². The molecular formula is C13H23N2P. The van der Waals surface area contributed by atoms with E-state index in [1.165, 1.54) is 37.9 Å². The van der Waals surface area contributed by atoms with Gasteiger partial charge in [-0.3, -0.25) is 4.90 Å². The Kier molecular flexibility index (Phi) is 7.41. The van der Waals surface area contributed by atoms with E-state index in [9.17, 15) is 0 Å². The van der Waals surface area contributed by atoms with Gasteiger partial charge in [0.05, 0.1) is 0 Å². The number of nitrogens with one attached hydrogen (secondary N) is 1. The Morgan fingerprint density at radius 1 is 1.12 bits per heavy atom. The molecule has 0 saturated carbocycles. The van der Waals surface area contributed by atoms with E-state index in [-0.39, 0.29) is 0 Å².